The van der Waals surface area contributed by atoms with Crippen molar-refractivity contribution in [2.45, 2.75) is 33.2 Å². The van der Waals surface area contributed by atoms with Gasteiger partial charge in [-0.3, -0.25) is 4.79 Å². The van der Waals surface area contributed by atoms with Crippen LogP contribution in [0.15, 0.2) is 16.7 Å². The van der Waals surface area contributed by atoms with Gasteiger partial charge in [-0.25, -0.2) is 0 Å². The second kappa shape index (κ2) is 5.70. The maximum absolute atomic E-state index is 12.2. The molecule has 0 spiro atoms. The molecule has 1 amide bonds. The Hall–Kier alpha value is -1.29. The van der Waals surface area contributed by atoms with Gasteiger partial charge < -0.3 is 14.4 Å². The van der Waals surface area contributed by atoms with Crippen LogP contribution in [0, 0.1) is 6.92 Å². The molecule has 90 valence electrons. The minimum Gasteiger partial charge on any atom is -0.469 e. The first-order valence-corrected chi connectivity index (χ1v) is 5.53. The van der Waals surface area contributed by atoms with Crippen molar-refractivity contribution in [3.63, 3.8) is 0 Å². The van der Waals surface area contributed by atoms with Crippen molar-refractivity contribution in [1.29, 1.82) is 0 Å². The summed E-state index contributed by atoms with van der Waals surface area (Å²) in [5.74, 6) is 0.606. The van der Waals surface area contributed by atoms with E-state index in [4.69, 9.17) is 9.52 Å². The summed E-state index contributed by atoms with van der Waals surface area (Å²) >= 11 is 0. The quantitative estimate of drug-likeness (QED) is 0.831. The first-order chi connectivity index (χ1) is 7.57. The maximum atomic E-state index is 12.2. The van der Waals surface area contributed by atoms with Crippen LogP contribution in [0.4, 0.5) is 0 Å². The molecule has 0 aromatic carbocycles. The highest BCUT2D eigenvalue weighted by Crippen LogP contribution is 2.14. The molecule has 1 aromatic rings. The van der Waals surface area contributed by atoms with Gasteiger partial charge >= 0.3 is 0 Å². The van der Waals surface area contributed by atoms with Crippen LogP contribution in [0.5, 0.6) is 0 Å². The predicted molar refractivity (Wildman–Crippen MR) is 61.3 cm³/mol. The Kier molecular flexibility index (Phi) is 4.55. The van der Waals surface area contributed by atoms with Crippen LogP contribution < -0.4 is 0 Å². The number of hydrogen-bond donors (Lipinski definition) is 1. The smallest absolute Gasteiger partial charge is 0.257 e. The van der Waals surface area contributed by atoms with Crippen molar-refractivity contribution < 1.29 is 14.3 Å². The third kappa shape index (κ3) is 2.85. The molecule has 0 aliphatic heterocycles. The molecule has 4 nitrogen and oxygen atoms in total. The highest BCUT2D eigenvalue weighted by molar-refractivity contribution is 5.95. The Morgan fingerprint density at radius 2 is 2.25 bits per heavy atom. The fraction of sp³-hybridized carbons (Fsp3) is 0.583. The van der Waals surface area contributed by atoms with Crippen LogP contribution in [0.25, 0.3) is 0 Å². The third-order valence-corrected chi connectivity index (χ3v) is 2.53. The highest BCUT2D eigenvalue weighted by Gasteiger charge is 2.21. The molecule has 0 saturated heterocycles. The number of aliphatic hydroxyl groups is 1. The lowest BCUT2D eigenvalue weighted by molar-refractivity contribution is 0.0691. The van der Waals surface area contributed by atoms with Crippen LogP contribution in [0.3, 0.4) is 0 Å². The Morgan fingerprint density at radius 1 is 1.56 bits per heavy atom. The van der Waals surface area contributed by atoms with Gasteiger partial charge in [0, 0.05) is 19.2 Å². The van der Waals surface area contributed by atoms with Crippen LogP contribution in [0.1, 0.15) is 36.4 Å². The van der Waals surface area contributed by atoms with E-state index in [0.29, 0.717) is 24.3 Å². The number of rotatable bonds is 5. The molecule has 0 radical (unpaired) electrons. The summed E-state index contributed by atoms with van der Waals surface area (Å²) in [5, 5.41) is 8.81. The van der Waals surface area contributed by atoms with E-state index in [9.17, 15) is 4.79 Å². The monoisotopic (exact) mass is 225 g/mol. The van der Waals surface area contributed by atoms with Gasteiger partial charge in [0.15, 0.2) is 0 Å². The fourth-order valence-corrected chi connectivity index (χ4v) is 1.60. The van der Waals surface area contributed by atoms with Gasteiger partial charge in [-0.15, -0.1) is 0 Å². The van der Waals surface area contributed by atoms with Crippen LogP contribution in [-0.4, -0.2) is 35.1 Å². The second-order valence-electron chi connectivity index (χ2n) is 4.06. The molecule has 4 heteroatoms. The molecule has 1 N–H and O–H groups in total. The minimum atomic E-state index is -0.0327. The average Bonchev–Trinajstić information content (AvgIpc) is 2.64. The molecule has 1 rings (SSSR count). The Morgan fingerprint density at radius 3 is 2.69 bits per heavy atom. The SMILES string of the molecule is Cc1occc1C(=O)N(CCCO)C(C)C. The Balaban J connectivity index is 2.79. The zero-order valence-electron chi connectivity index (χ0n) is 10.1. The normalized spacial score (nSPS) is 10.8. The predicted octanol–water partition coefficient (Wildman–Crippen LogP) is 1.82. The van der Waals surface area contributed by atoms with E-state index in [-0.39, 0.29) is 18.6 Å². The van der Waals surface area contributed by atoms with Gasteiger partial charge in [0.05, 0.1) is 11.8 Å². The standard InChI is InChI=1S/C12H19NO3/c1-9(2)13(6-4-7-14)12(15)11-5-8-16-10(11)3/h5,8-9,14H,4,6-7H2,1-3H3. The van der Waals surface area contributed by atoms with Crippen molar-refractivity contribution in [3.05, 3.63) is 23.7 Å². The average molecular weight is 225 g/mol. The second-order valence-corrected chi connectivity index (χ2v) is 4.06. The lowest BCUT2D eigenvalue weighted by atomic mass is 10.2. The molecule has 0 saturated carbocycles. The van der Waals surface area contributed by atoms with E-state index < -0.39 is 0 Å². The molecule has 0 fully saturated rings. The van der Waals surface area contributed by atoms with E-state index >= 15 is 0 Å². The van der Waals surface area contributed by atoms with Gasteiger partial charge in [-0.1, -0.05) is 0 Å². The number of carbonyl (C=O) groups excluding carboxylic acids is 1. The first-order valence-electron chi connectivity index (χ1n) is 5.53. The lowest BCUT2D eigenvalue weighted by Gasteiger charge is -2.26. The first kappa shape index (κ1) is 12.8. The molecule has 0 unspecified atom stereocenters. The van der Waals surface area contributed by atoms with E-state index in [1.807, 2.05) is 13.8 Å². The van der Waals surface area contributed by atoms with Crippen molar-refractivity contribution in [1.82, 2.24) is 4.90 Å². The lowest BCUT2D eigenvalue weighted by Crippen LogP contribution is -2.38. The zero-order valence-corrected chi connectivity index (χ0v) is 10.1. The summed E-state index contributed by atoms with van der Waals surface area (Å²) in [7, 11) is 0. The molecular formula is C12H19NO3. The number of aryl methyl sites for hydroxylation is 1. The summed E-state index contributed by atoms with van der Waals surface area (Å²) in [5.41, 5.74) is 0.603. The van der Waals surface area contributed by atoms with E-state index in [2.05, 4.69) is 0 Å². The fourth-order valence-electron chi connectivity index (χ4n) is 1.60. The number of hydrogen-bond acceptors (Lipinski definition) is 3. The van der Waals surface area contributed by atoms with Crippen molar-refractivity contribution in [2.75, 3.05) is 13.2 Å². The molecule has 16 heavy (non-hydrogen) atoms. The summed E-state index contributed by atoms with van der Waals surface area (Å²) in [4.78, 5) is 13.9. The molecule has 0 bridgehead atoms. The van der Waals surface area contributed by atoms with E-state index in [0.717, 1.165) is 0 Å². The van der Waals surface area contributed by atoms with Crippen LogP contribution in [0.2, 0.25) is 0 Å². The van der Waals surface area contributed by atoms with Crippen molar-refractivity contribution in [2.24, 2.45) is 0 Å². The Bertz CT molecular complexity index is 344. The number of aliphatic hydroxyl groups excluding tert-OH is 1. The summed E-state index contributed by atoms with van der Waals surface area (Å²) in [6, 6.07) is 1.81. The van der Waals surface area contributed by atoms with Crippen LogP contribution >= 0.6 is 0 Å². The molecule has 1 heterocycles. The molecular weight excluding hydrogens is 206 g/mol. The summed E-state index contributed by atoms with van der Waals surface area (Å²) in [6.45, 7) is 6.37. The summed E-state index contributed by atoms with van der Waals surface area (Å²) < 4.78 is 5.12. The number of furan rings is 1. The van der Waals surface area contributed by atoms with Crippen LogP contribution in [-0.2, 0) is 0 Å². The maximum Gasteiger partial charge on any atom is 0.257 e. The largest absolute Gasteiger partial charge is 0.469 e. The molecule has 0 aliphatic rings. The number of amides is 1. The van der Waals surface area contributed by atoms with E-state index in [1.54, 1.807) is 17.9 Å². The topological polar surface area (TPSA) is 53.7 Å². The highest BCUT2D eigenvalue weighted by atomic mass is 16.3. The molecule has 0 atom stereocenters. The van der Waals surface area contributed by atoms with E-state index in [1.165, 1.54) is 6.26 Å². The number of carbonyl (C=O) groups is 1. The summed E-state index contributed by atoms with van der Waals surface area (Å²) in [6.07, 6.45) is 2.12. The third-order valence-electron chi connectivity index (χ3n) is 2.53. The number of nitrogens with zero attached hydrogens (tertiary/aromatic N) is 1. The Labute approximate surface area is 95.9 Å². The van der Waals surface area contributed by atoms with Gasteiger partial charge in [0.2, 0.25) is 0 Å². The van der Waals surface area contributed by atoms with Gasteiger partial charge in [0.25, 0.3) is 5.91 Å². The van der Waals surface area contributed by atoms with Gasteiger partial charge in [-0.05, 0) is 33.3 Å². The van der Waals surface area contributed by atoms with Crippen molar-refractivity contribution >= 4 is 5.91 Å². The minimum absolute atomic E-state index is 0.0327. The van der Waals surface area contributed by atoms with Gasteiger partial charge in [0.1, 0.15) is 5.76 Å². The molecule has 1 aromatic heterocycles. The molecule has 0 aliphatic carbocycles. The zero-order chi connectivity index (χ0) is 12.1. The van der Waals surface area contributed by atoms with Crippen molar-refractivity contribution in [3.8, 4) is 0 Å². The van der Waals surface area contributed by atoms with Gasteiger partial charge in [-0.2, -0.15) is 0 Å².